The van der Waals surface area contributed by atoms with Gasteiger partial charge in [-0.2, -0.15) is 0 Å². The van der Waals surface area contributed by atoms with Crippen LogP contribution in [0.2, 0.25) is 0 Å². The van der Waals surface area contributed by atoms with E-state index < -0.39 is 0 Å². The van der Waals surface area contributed by atoms with E-state index in [1.54, 1.807) is 0 Å². The number of thiophene rings is 2. The van der Waals surface area contributed by atoms with Crippen LogP contribution in [0.15, 0.2) is 35.0 Å². The van der Waals surface area contributed by atoms with Gasteiger partial charge in [0.25, 0.3) is 0 Å². The van der Waals surface area contributed by atoms with E-state index in [2.05, 4.69) is 52.3 Å². The molecule has 0 aromatic carbocycles. The summed E-state index contributed by atoms with van der Waals surface area (Å²) in [6.45, 7) is 3.64. The first-order valence-electron chi connectivity index (χ1n) is 7.79. The summed E-state index contributed by atoms with van der Waals surface area (Å²) in [6.07, 6.45) is 3.83. The Kier molecular flexibility index (Phi) is 5.47. The molecule has 1 N–H and O–H groups in total. The van der Waals surface area contributed by atoms with Crippen LogP contribution in [-0.2, 0) is 6.42 Å². The molecule has 0 amide bonds. The van der Waals surface area contributed by atoms with Gasteiger partial charge in [-0.25, -0.2) is 0 Å². The van der Waals surface area contributed by atoms with Crippen molar-refractivity contribution >= 4 is 22.7 Å². The average Bonchev–Trinajstić information content (AvgIpc) is 3.16. The first-order valence-corrected chi connectivity index (χ1v) is 9.55. The van der Waals surface area contributed by atoms with Gasteiger partial charge >= 0.3 is 0 Å². The van der Waals surface area contributed by atoms with Crippen molar-refractivity contribution in [3.8, 4) is 0 Å². The number of rotatable bonds is 6. The molecule has 0 radical (unpaired) electrons. The van der Waals surface area contributed by atoms with E-state index in [0.717, 1.165) is 18.9 Å². The van der Waals surface area contributed by atoms with Gasteiger partial charge in [0, 0.05) is 28.8 Å². The van der Waals surface area contributed by atoms with E-state index in [-0.39, 0.29) is 0 Å². The molecule has 21 heavy (non-hydrogen) atoms. The Bertz CT molecular complexity index is 507. The van der Waals surface area contributed by atoms with Gasteiger partial charge in [0.1, 0.15) is 0 Å². The Balaban J connectivity index is 1.59. The standard InChI is InChI=1S/C17H24N2S2/c1-19-8-2-5-14(13-19)12-18-16(17-7-4-10-21-17)11-15-6-3-9-20-15/h3-4,6-7,9-10,14,16,18H,2,5,8,11-13H2,1H3. The van der Waals surface area contributed by atoms with Crippen LogP contribution in [0.5, 0.6) is 0 Å². The van der Waals surface area contributed by atoms with E-state index in [1.807, 2.05) is 22.7 Å². The van der Waals surface area contributed by atoms with E-state index >= 15 is 0 Å². The van der Waals surface area contributed by atoms with Gasteiger partial charge in [0.05, 0.1) is 0 Å². The molecule has 1 saturated heterocycles. The summed E-state index contributed by atoms with van der Waals surface area (Å²) < 4.78 is 0. The highest BCUT2D eigenvalue weighted by Gasteiger charge is 2.20. The van der Waals surface area contributed by atoms with Crippen LogP contribution in [-0.4, -0.2) is 31.6 Å². The summed E-state index contributed by atoms with van der Waals surface area (Å²) >= 11 is 3.74. The molecule has 2 aromatic heterocycles. The van der Waals surface area contributed by atoms with Crippen LogP contribution in [0.25, 0.3) is 0 Å². The van der Waals surface area contributed by atoms with Crippen LogP contribution < -0.4 is 5.32 Å². The first-order chi connectivity index (χ1) is 10.3. The third kappa shape index (κ3) is 4.39. The molecule has 1 aliphatic rings. The van der Waals surface area contributed by atoms with Crippen LogP contribution in [0.4, 0.5) is 0 Å². The number of hydrogen-bond donors (Lipinski definition) is 1. The maximum absolute atomic E-state index is 3.84. The van der Waals surface area contributed by atoms with Crippen molar-refractivity contribution in [3.05, 3.63) is 44.8 Å². The molecule has 3 rings (SSSR count). The molecular weight excluding hydrogens is 296 g/mol. The largest absolute Gasteiger partial charge is 0.309 e. The molecule has 3 heterocycles. The highest BCUT2D eigenvalue weighted by molar-refractivity contribution is 7.10. The molecule has 114 valence electrons. The van der Waals surface area contributed by atoms with Gasteiger partial charge in [-0.15, -0.1) is 22.7 Å². The van der Waals surface area contributed by atoms with Gasteiger partial charge in [-0.1, -0.05) is 12.1 Å². The van der Waals surface area contributed by atoms with Crippen molar-refractivity contribution in [2.24, 2.45) is 5.92 Å². The first kappa shape index (κ1) is 15.2. The lowest BCUT2D eigenvalue weighted by Crippen LogP contribution is -2.38. The lowest BCUT2D eigenvalue weighted by atomic mass is 9.98. The van der Waals surface area contributed by atoms with Crippen LogP contribution in [0.3, 0.4) is 0 Å². The summed E-state index contributed by atoms with van der Waals surface area (Å²) in [5, 5.41) is 8.21. The SMILES string of the molecule is CN1CCCC(CNC(Cc2cccs2)c2cccs2)C1. The second-order valence-corrected chi connectivity index (χ2v) is 8.04. The van der Waals surface area contributed by atoms with Gasteiger partial charge in [0.15, 0.2) is 0 Å². The molecule has 2 nitrogen and oxygen atoms in total. The van der Waals surface area contributed by atoms with E-state index in [1.165, 1.54) is 35.7 Å². The number of nitrogens with one attached hydrogen (secondary N) is 1. The van der Waals surface area contributed by atoms with Crippen molar-refractivity contribution in [2.45, 2.75) is 25.3 Å². The lowest BCUT2D eigenvalue weighted by molar-refractivity contribution is 0.203. The molecule has 0 spiro atoms. The summed E-state index contributed by atoms with van der Waals surface area (Å²) in [5.74, 6) is 0.801. The zero-order valence-corrected chi connectivity index (χ0v) is 14.3. The van der Waals surface area contributed by atoms with Crippen molar-refractivity contribution in [3.63, 3.8) is 0 Å². The highest BCUT2D eigenvalue weighted by atomic mass is 32.1. The van der Waals surface area contributed by atoms with Crippen molar-refractivity contribution < 1.29 is 0 Å². The molecule has 4 heteroatoms. The monoisotopic (exact) mass is 320 g/mol. The molecule has 1 fully saturated rings. The second-order valence-electron chi connectivity index (χ2n) is 6.03. The zero-order chi connectivity index (χ0) is 14.5. The zero-order valence-electron chi connectivity index (χ0n) is 12.6. The number of likely N-dealkylation sites (tertiary alicyclic amines) is 1. The predicted octanol–water partition coefficient (Wildman–Crippen LogP) is 4.02. The number of nitrogens with zero attached hydrogens (tertiary/aromatic N) is 1. The van der Waals surface area contributed by atoms with E-state index in [9.17, 15) is 0 Å². The van der Waals surface area contributed by atoms with Gasteiger partial charge in [-0.3, -0.25) is 0 Å². The summed E-state index contributed by atoms with van der Waals surface area (Å²) in [4.78, 5) is 5.41. The average molecular weight is 321 g/mol. The van der Waals surface area contributed by atoms with Crippen molar-refractivity contribution in [1.82, 2.24) is 10.2 Å². The minimum absolute atomic E-state index is 0.468. The Labute approximate surface area is 135 Å². The third-order valence-electron chi connectivity index (χ3n) is 4.25. The molecule has 2 unspecified atom stereocenters. The molecule has 0 aliphatic carbocycles. The molecule has 1 aliphatic heterocycles. The maximum Gasteiger partial charge on any atom is 0.0463 e. The minimum atomic E-state index is 0.468. The lowest BCUT2D eigenvalue weighted by Gasteiger charge is -2.31. The topological polar surface area (TPSA) is 15.3 Å². The molecule has 0 saturated carbocycles. The van der Waals surface area contributed by atoms with Crippen LogP contribution in [0.1, 0.15) is 28.6 Å². The fraction of sp³-hybridized carbons (Fsp3) is 0.529. The number of piperidine rings is 1. The Morgan fingerprint density at radius 3 is 2.86 bits per heavy atom. The summed E-state index contributed by atoms with van der Waals surface area (Å²) in [7, 11) is 2.24. The minimum Gasteiger partial charge on any atom is -0.309 e. The van der Waals surface area contributed by atoms with E-state index in [0.29, 0.717) is 6.04 Å². The fourth-order valence-corrected chi connectivity index (χ4v) is 4.70. The smallest absolute Gasteiger partial charge is 0.0463 e. The van der Waals surface area contributed by atoms with Crippen LogP contribution >= 0.6 is 22.7 Å². The molecular formula is C17H24N2S2. The summed E-state index contributed by atoms with van der Waals surface area (Å²) in [5.41, 5.74) is 0. The van der Waals surface area contributed by atoms with Crippen molar-refractivity contribution in [1.29, 1.82) is 0 Å². The van der Waals surface area contributed by atoms with Crippen molar-refractivity contribution in [2.75, 3.05) is 26.7 Å². The summed E-state index contributed by atoms with van der Waals surface area (Å²) in [6, 6.07) is 9.31. The second kappa shape index (κ2) is 7.54. The molecule has 2 atom stereocenters. The van der Waals surface area contributed by atoms with Gasteiger partial charge in [0.2, 0.25) is 0 Å². The molecule has 2 aromatic rings. The van der Waals surface area contributed by atoms with Crippen LogP contribution in [0, 0.1) is 5.92 Å². The Morgan fingerprint density at radius 1 is 1.29 bits per heavy atom. The van der Waals surface area contributed by atoms with Gasteiger partial charge in [-0.05, 0) is 61.8 Å². The molecule has 0 bridgehead atoms. The highest BCUT2D eigenvalue weighted by Crippen LogP contribution is 2.25. The van der Waals surface area contributed by atoms with Gasteiger partial charge < -0.3 is 10.2 Å². The predicted molar refractivity (Wildman–Crippen MR) is 93.3 cm³/mol. The fourth-order valence-electron chi connectivity index (χ4n) is 3.14. The maximum atomic E-state index is 3.84. The Morgan fingerprint density at radius 2 is 2.14 bits per heavy atom. The Hall–Kier alpha value is -0.680. The van der Waals surface area contributed by atoms with E-state index in [4.69, 9.17) is 0 Å². The third-order valence-corrected chi connectivity index (χ3v) is 6.13. The normalized spacial score (nSPS) is 21.5. The quantitative estimate of drug-likeness (QED) is 0.864. The number of hydrogen-bond acceptors (Lipinski definition) is 4.